The molecule has 2 aromatic rings. The first-order valence-electron chi connectivity index (χ1n) is 6.44. The maximum absolute atomic E-state index is 12.1. The first kappa shape index (κ1) is 13.8. The average Bonchev–Trinajstić information content (AvgIpc) is 2.42. The van der Waals surface area contributed by atoms with Gasteiger partial charge in [-0.2, -0.15) is 0 Å². The first-order valence-corrected chi connectivity index (χ1v) is 7.52. The predicted octanol–water partition coefficient (Wildman–Crippen LogP) is 4.05. The highest BCUT2D eigenvalue weighted by atomic mass is 32.2. The monoisotopic (exact) mass is 274 g/mol. The lowest BCUT2D eigenvalue weighted by atomic mass is 10.1. The summed E-state index contributed by atoms with van der Waals surface area (Å²) in [5.41, 5.74) is 2.42. The van der Waals surface area contributed by atoms with Gasteiger partial charge in [0.25, 0.3) is 0 Å². The van der Waals surface area contributed by atoms with E-state index < -0.39 is 11.1 Å². The molecule has 0 aromatic heterocycles. The molecule has 0 bridgehead atoms. The summed E-state index contributed by atoms with van der Waals surface area (Å²) < 4.78 is 17.5. The lowest BCUT2D eigenvalue weighted by Crippen LogP contribution is -2.01. The molecule has 0 N–H and O–H groups in total. The molecule has 0 radical (unpaired) electrons. The summed E-state index contributed by atoms with van der Waals surface area (Å²) in [7, 11) is 0. The SMILES string of the molecule is CCCc1ccc(S(=O)Oc2ccc(C)cc2)cc1. The third kappa shape index (κ3) is 3.93. The Bertz CT molecular complexity index is 544. The van der Waals surface area contributed by atoms with Crippen LogP contribution in [-0.4, -0.2) is 4.21 Å². The number of benzene rings is 2. The highest BCUT2D eigenvalue weighted by Gasteiger charge is 2.06. The third-order valence-corrected chi connectivity index (χ3v) is 3.85. The van der Waals surface area contributed by atoms with Crippen molar-refractivity contribution in [3.05, 3.63) is 59.7 Å². The fraction of sp³-hybridized carbons (Fsp3) is 0.250. The van der Waals surface area contributed by atoms with Crippen LogP contribution in [0.2, 0.25) is 0 Å². The molecule has 0 saturated heterocycles. The van der Waals surface area contributed by atoms with E-state index in [0.717, 1.165) is 18.4 Å². The van der Waals surface area contributed by atoms with Gasteiger partial charge in [-0.05, 0) is 43.2 Å². The van der Waals surface area contributed by atoms with Crippen molar-refractivity contribution in [1.29, 1.82) is 0 Å². The van der Waals surface area contributed by atoms with Gasteiger partial charge in [-0.25, -0.2) is 4.21 Å². The molecule has 0 aliphatic rings. The standard InChI is InChI=1S/C16H18O2S/c1-3-4-14-7-11-16(12-8-14)19(17)18-15-9-5-13(2)6-10-15/h5-12H,3-4H2,1-2H3. The van der Waals surface area contributed by atoms with Crippen molar-refractivity contribution in [3.8, 4) is 5.75 Å². The summed E-state index contributed by atoms with van der Waals surface area (Å²) in [6.07, 6.45) is 2.16. The summed E-state index contributed by atoms with van der Waals surface area (Å²) in [5, 5.41) is 0. The van der Waals surface area contributed by atoms with Crippen LogP contribution in [-0.2, 0) is 17.5 Å². The predicted molar refractivity (Wildman–Crippen MR) is 78.7 cm³/mol. The quantitative estimate of drug-likeness (QED) is 0.822. The number of hydrogen-bond donors (Lipinski definition) is 0. The van der Waals surface area contributed by atoms with Gasteiger partial charge >= 0.3 is 0 Å². The topological polar surface area (TPSA) is 26.3 Å². The highest BCUT2D eigenvalue weighted by Crippen LogP contribution is 2.17. The van der Waals surface area contributed by atoms with Crippen LogP contribution >= 0.6 is 0 Å². The van der Waals surface area contributed by atoms with Crippen LogP contribution in [0, 0.1) is 6.92 Å². The van der Waals surface area contributed by atoms with Crippen molar-refractivity contribution >= 4 is 11.1 Å². The second-order valence-electron chi connectivity index (χ2n) is 4.53. The van der Waals surface area contributed by atoms with Gasteiger partial charge in [-0.1, -0.05) is 43.2 Å². The maximum atomic E-state index is 12.1. The minimum Gasteiger partial charge on any atom is -0.397 e. The van der Waals surface area contributed by atoms with E-state index in [1.54, 1.807) is 0 Å². The molecule has 0 fully saturated rings. The van der Waals surface area contributed by atoms with E-state index in [0.29, 0.717) is 10.6 Å². The van der Waals surface area contributed by atoms with Crippen molar-refractivity contribution in [1.82, 2.24) is 0 Å². The molecule has 19 heavy (non-hydrogen) atoms. The van der Waals surface area contributed by atoms with Gasteiger partial charge in [0.05, 0.1) is 4.90 Å². The van der Waals surface area contributed by atoms with E-state index in [2.05, 4.69) is 6.92 Å². The fourth-order valence-corrected chi connectivity index (χ4v) is 2.53. The molecule has 100 valence electrons. The molecule has 0 heterocycles. The second kappa shape index (κ2) is 6.53. The van der Waals surface area contributed by atoms with Gasteiger partial charge in [0.15, 0.2) is 0 Å². The summed E-state index contributed by atoms with van der Waals surface area (Å²) in [4.78, 5) is 0.695. The molecular weight excluding hydrogens is 256 g/mol. The number of hydrogen-bond acceptors (Lipinski definition) is 2. The van der Waals surface area contributed by atoms with Crippen LogP contribution in [0.15, 0.2) is 53.4 Å². The minimum absolute atomic E-state index is 0.626. The molecule has 0 saturated carbocycles. The Kier molecular flexibility index (Phi) is 4.74. The maximum Gasteiger partial charge on any atom is 0.240 e. The number of rotatable bonds is 5. The second-order valence-corrected chi connectivity index (χ2v) is 5.63. The zero-order valence-electron chi connectivity index (χ0n) is 11.3. The molecule has 3 heteroatoms. The third-order valence-electron chi connectivity index (χ3n) is 2.85. The fourth-order valence-electron chi connectivity index (χ4n) is 1.79. The van der Waals surface area contributed by atoms with Gasteiger partial charge in [0, 0.05) is 0 Å². The molecule has 2 nitrogen and oxygen atoms in total. The number of aryl methyl sites for hydroxylation is 2. The van der Waals surface area contributed by atoms with E-state index in [1.807, 2.05) is 55.5 Å². The largest absolute Gasteiger partial charge is 0.397 e. The van der Waals surface area contributed by atoms with Crippen molar-refractivity contribution in [2.24, 2.45) is 0 Å². The van der Waals surface area contributed by atoms with Crippen LogP contribution in [0.5, 0.6) is 5.75 Å². The molecular formula is C16H18O2S. The minimum atomic E-state index is -1.45. The van der Waals surface area contributed by atoms with Crippen LogP contribution in [0.3, 0.4) is 0 Å². The molecule has 1 atom stereocenters. The summed E-state index contributed by atoms with van der Waals surface area (Å²) in [6, 6.07) is 15.3. The zero-order valence-corrected chi connectivity index (χ0v) is 12.1. The Balaban J connectivity index is 2.05. The van der Waals surface area contributed by atoms with Gasteiger partial charge in [-0.15, -0.1) is 0 Å². The van der Waals surface area contributed by atoms with Crippen molar-refractivity contribution in [2.75, 3.05) is 0 Å². The van der Waals surface area contributed by atoms with Crippen LogP contribution in [0.25, 0.3) is 0 Å². The van der Waals surface area contributed by atoms with Gasteiger partial charge in [-0.3, -0.25) is 0 Å². The molecule has 1 unspecified atom stereocenters. The van der Waals surface area contributed by atoms with Crippen molar-refractivity contribution in [3.63, 3.8) is 0 Å². The summed E-state index contributed by atoms with van der Waals surface area (Å²) in [5.74, 6) is 0.626. The van der Waals surface area contributed by atoms with E-state index in [4.69, 9.17) is 4.18 Å². The van der Waals surface area contributed by atoms with Gasteiger partial charge < -0.3 is 4.18 Å². The average molecular weight is 274 g/mol. The van der Waals surface area contributed by atoms with E-state index >= 15 is 0 Å². The molecule has 2 rings (SSSR count). The van der Waals surface area contributed by atoms with Crippen LogP contribution in [0.1, 0.15) is 24.5 Å². The molecule has 2 aromatic carbocycles. The smallest absolute Gasteiger partial charge is 0.240 e. The zero-order chi connectivity index (χ0) is 13.7. The van der Waals surface area contributed by atoms with Crippen molar-refractivity contribution < 1.29 is 8.39 Å². The Morgan fingerprint density at radius 1 is 1.00 bits per heavy atom. The highest BCUT2D eigenvalue weighted by molar-refractivity contribution is 7.80. The molecule has 0 aliphatic carbocycles. The van der Waals surface area contributed by atoms with E-state index in [9.17, 15) is 4.21 Å². The van der Waals surface area contributed by atoms with Gasteiger partial charge in [0.2, 0.25) is 11.1 Å². The Morgan fingerprint density at radius 2 is 1.63 bits per heavy atom. The van der Waals surface area contributed by atoms with Crippen LogP contribution < -0.4 is 4.18 Å². The molecule has 0 amide bonds. The Labute approximate surface area is 117 Å². The molecule has 0 aliphatic heterocycles. The Morgan fingerprint density at radius 3 is 2.21 bits per heavy atom. The normalized spacial score (nSPS) is 12.1. The lowest BCUT2D eigenvalue weighted by molar-refractivity contribution is 0.562. The Hall–Kier alpha value is -1.61. The van der Waals surface area contributed by atoms with E-state index in [-0.39, 0.29) is 0 Å². The van der Waals surface area contributed by atoms with Gasteiger partial charge in [0.1, 0.15) is 5.75 Å². The van der Waals surface area contributed by atoms with E-state index in [1.165, 1.54) is 5.56 Å². The summed E-state index contributed by atoms with van der Waals surface area (Å²) in [6.45, 7) is 4.15. The lowest BCUT2D eigenvalue weighted by Gasteiger charge is -2.06. The van der Waals surface area contributed by atoms with Crippen LogP contribution in [0.4, 0.5) is 0 Å². The van der Waals surface area contributed by atoms with Crippen molar-refractivity contribution in [2.45, 2.75) is 31.6 Å². The summed E-state index contributed by atoms with van der Waals surface area (Å²) >= 11 is -1.45. The molecule has 0 spiro atoms. The first-order chi connectivity index (χ1) is 9.19.